The van der Waals surface area contributed by atoms with Gasteiger partial charge < -0.3 is 9.84 Å². The second-order valence-electron chi connectivity index (χ2n) is 6.44. The van der Waals surface area contributed by atoms with E-state index in [4.69, 9.17) is 21.4 Å². The Kier molecular flexibility index (Phi) is 8.29. The predicted octanol–water partition coefficient (Wildman–Crippen LogP) is 3.24. The number of nitrogens with zero attached hydrogens (tertiary/aromatic N) is 1. The number of para-hydroxylation sites is 1. The van der Waals surface area contributed by atoms with Crippen LogP contribution in [0.5, 0.6) is 5.75 Å². The lowest BCUT2D eigenvalue weighted by Gasteiger charge is -2.20. The molecule has 0 aliphatic rings. The number of carboxylic acid groups (broad SMARTS) is 1. The number of hydrogen-bond donors (Lipinski definition) is 1. The first-order valence-electron chi connectivity index (χ1n) is 8.88. The molecule has 28 heavy (non-hydrogen) atoms. The van der Waals surface area contributed by atoms with Crippen LogP contribution >= 0.6 is 11.6 Å². The van der Waals surface area contributed by atoms with Crippen LogP contribution in [0.25, 0.3) is 0 Å². The molecule has 0 fully saturated rings. The molecule has 0 bridgehead atoms. The molecule has 0 unspecified atom stereocenters. The number of carboxylic acids is 1. The predicted molar refractivity (Wildman–Crippen MR) is 109 cm³/mol. The highest BCUT2D eigenvalue weighted by Gasteiger charge is 2.17. The van der Waals surface area contributed by atoms with E-state index in [0.29, 0.717) is 36.7 Å². The first kappa shape index (κ1) is 22.2. The minimum Gasteiger partial charge on any atom is -0.482 e. The first-order valence-corrected chi connectivity index (χ1v) is 11.1. The number of rotatable bonds is 11. The molecule has 0 atom stereocenters. The van der Waals surface area contributed by atoms with Gasteiger partial charge in [-0.15, -0.1) is 0 Å². The highest BCUT2D eigenvalue weighted by Crippen LogP contribution is 2.19. The third-order valence-corrected chi connectivity index (χ3v) is 5.72. The van der Waals surface area contributed by atoms with Crippen molar-refractivity contribution in [1.29, 1.82) is 0 Å². The highest BCUT2D eigenvalue weighted by atomic mass is 35.5. The van der Waals surface area contributed by atoms with E-state index in [0.717, 1.165) is 17.5 Å². The van der Waals surface area contributed by atoms with Gasteiger partial charge in [0.25, 0.3) is 0 Å². The van der Waals surface area contributed by atoms with Gasteiger partial charge in [-0.3, -0.25) is 0 Å². The number of aryl methyl sites for hydroxylation is 1. The molecular weight excluding hydrogens is 402 g/mol. The monoisotopic (exact) mass is 425 g/mol. The van der Waals surface area contributed by atoms with Gasteiger partial charge in [0.2, 0.25) is 10.0 Å². The van der Waals surface area contributed by atoms with Crippen molar-refractivity contribution in [3.05, 3.63) is 64.7 Å². The molecule has 0 saturated heterocycles. The van der Waals surface area contributed by atoms with Gasteiger partial charge in [-0.25, -0.2) is 17.5 Å². The van der Waals surface area contributed by atoms with Gasteiger partial charge in [-0.2, -0.15) is 0 Å². The second-order valence-corrected chi connectivity index (χ2v) is 8.85. The molecule has 0 aliphatic carbocycles. The van der Waals surface area contributed by atoms with E-state index >= 15 is 0 Å². The maximum atomic E-state index is 12.1. The molecule has 0 aliphatic heterocycles. The van der Waals surface area contributed by atoms with Crippen molar-refractivity contribution >= 4 is 27.6 Å². The molecule has 0 aromatic heterocycles. The largest absolute Gasteiger partial charge is 0.482 e. The van der Waals surface area contributed by atoms with Gasteiger partial charge in [0.1, 0.15) is 5.75 Å². The molecule has 0 amide bonds. The number of hydrogen-bond acceptors (Lipinski definition) is 4. The van der Waals surface area contributed by atoms with Gasteiger partial charge in [-0.05, 0) is 48.6 Å². The second kappa shape index (κ2) is 10.5. The topological polar surface area (TPSA) is 83.9 Å². The van der Waals surface area contributed by atoms with Crippen LogP contribution in [-0.4, -0.2) is 49.8 Å². The smallest absolute Gasteiger partial charge is 0.341 e. The van der Waals surface area contributed by atoms with Crippen LogP contribution < -0.4 is 4.74 Å². The van der Waals surface area contributed by atoms with Crippen molar-refractivity contribution in [3.63, 3.8) is 0 Å². The summed E-state index contributed by atoms with van der Waals surface area (Å²) in [6.45, 7) is 0.248. The van der Waals surface area contributed by atoms with Crippen molar-refractivity contribution in [2.24, 2.45) is 0 Å². The Bertz CT molecular complexity index is 901. The molecule has 0 spiro atoms. The molecule has 0 radical (unpaired) electrons. The van der Waals surface area contributed by atoms with E-state index in [-0.39, 0.29) is 0 Å². The standard InChI is InChI=1S/C20H24ClNO5S/c1-28(25,26)22(12-5-7-16-6-4-9-18(21)14-16)13-11-17-8-2-3-10-19(17)27-15-20(23)24/h2-4,6,8-10,14H,5,7,11-13,15H2,1H3,(H,23,24). The zero-order valence-electron chi connectivity index (χ0n) is 15.7. The van der Waals surface area contributed by atoms with Crippen molar-refractivity contribution in [2.75, 3.05) is 26.0 Å². The van der Waals surface area contributed by atoms with Crippen LogP contribution in [0.15, 0.2) is 48.5 Å². The quantitative estimate of drug-likeness (QED) is 0.597. The number of aliphatic carboxylic acids is 1. The Balaban J connectivity index is 1.97. The number of sulfonamides is 1. The van der Waals surface area contributed by atoms with Crippen LogP contribution in [-0.2, 0) is 27.7 Å². The fourth-order valence-corrected chi connectivity index (χ4v) is 3.93. The average molecular weight is 426 g/mol. The number of ether oxygens (including phenoxy) is 1. The van der Waals surface area contributed by atoms with Gasteiger partial charge in [0, 0.05) is 18.1 Å². The van der Waals surface area contributed by atoms with E-state index in [9.17, 15) is 13.2 Å². The summed E-state index contributed by atoms with van der Waals surface area (Å²) in [7, 11) is -3.36. The summed E-state index contributed by atoms with van der Waals surface area (Å²) in [6.07, 6.45) is 3.02. The summed E-state index contributed by atoms with van der Waals surface area (Å²) in [4.78, 5) is 10.7. The van der Waals surface area contributed by atoms with E-state index < -0.39 is 22.6 Å². The van der Waals surface area contributed by atoms with Gasteiger partial charge in [-0.1, -0.05) is 41.9 Å². The normalized spacial score (nSPS) is 11.5. The molecule has 8 heteroatoms. The van der Waals surface area contributed by atoms with Gasteiger partial charge in [0.15, 0.2) is 6.61 Å². The summed E-state index contributed by atoms with van der Waals surface area (Å²) in [5.74, 6) is -0.606. The molecular formula is C20H24ClNO5S. The molecule has 2 rings (SSSR count). The van der Waals surface area contributed by atoms with Crippen LogP contribution in [0.2, 0.25) is 5.02 Å². The van der Waals surface area contributed by atoms with Crippen molar-refractivity contribution in [2.45, 2.75) is 19.3 Å². The number of benzene rings is 2. The minimum absolute atomic E-state index is 0.293. The maximum absolute atomic E-state index is 12.1. The molecule has 2 aromatic carbocycles. The maximum Gasteiger partial charge on any atom is 0.341 e. The van der Waals surface area contributed by atoms with Gasteiger partial charge >= 0.3 is 5.97 Å². The van der Waals surface area contributed by atoms with Crippen LogP contribution in [0, 0.1) is 0 Å². The summed E-state index contributed by atoms with van der Waals surface area (Å²) < 4.78 is 31.0. The molecule has 152 valence electrons. The molecule has 0 saturated carbocycles. The summed E-state index contributed by atoms with van der Waals surface area (Å²) in [6, 6.07) is 14.6. The van der Waals surface area contributed by atoms with Crippen LogP contribution in [0.3, 0.4) is 0 Å². The summed E-state index contributed by atoms with van der Waals surface area (Å²) in [5, 5.41) is 9.44. The van der Waals surface area contributed by atoms with E-state index in [1.165, 1.54) is 10.6 Å². The number of halogens is 1. The van der Waals surface area contributed by atoms with Crippen LogP contribution in [0.4, 0.5) is 0 Å². The first-order chi connectivity index (χ1) is 13.3. The number of carbonyl (C=O) groups is 1. The Labute approximate surface area is 170 Å². The minimum atomic E-state index is -3.36. The molecule has 2 aromatic rings. The third-order valence-electron chi connectivity index (χ3n) is 4.19. The fourth-order valence-electron chi connectivity index (χ4n) is 2.83. The Morgan fingerprint density at radius 1 is 1.11 bits per heavy atom. The lowest BCUT2D eigenvalue weighted by atomic mass is 10.1. The van der Waals surface area contributed by atoms with Crippen LogP contribution in [0.1, 0.15) is 17.5 Å². The lowest BCUT2D eigenvalue weighted by Crippen LogP contribution is -2.33. The van der Waals surface area contributed by atoms with Crippen molar-refractivity contribution in [1.82, 2.24) is 4.31 Å². The lowest BCUT2D eigenvalue weighted by molar-refractivity contribution is -0.139. The SMILES string of the molecule is CS(=O)(=O)N(CCCc1cccc(Cl)c1)CCc1ccccc1OCC(=O)O. The van der Waals surface area contributed by atoms with Crippen molar-refractivity contribution < 1.29 is 23.1 Å². The Hall–Kier alpha value is -2.09. The summed E-state index contributed by atoms with van der Waals surface area (Å²) in [5.41, 5.74) is 1.83. The van der Waals surface area contributed by atoms with Gasteiger partial charge in [0.05, 0.1) is 6.26 Å². The van der Waals surface area contributed by atoms with E-state index in [2.05, 4.69) is 0 Å². The summed E-state index contributed by atoms with van der Waals surface area (Å²) >= 11 is 5.98. The fraction of sp³-hybridized carbons (Fsp3) is 0.350. The molecule has 0 heterocycles. The Morgan fingerprint density at radius 3 is 2.54 bits per heavy atom. The molecule has 6 nitrogen and oxygen atoms in total. The molecule has 1 N–H and O–H groups in total. The zero-order chi connectivity index (χ0) is 20.6. The third kappa shape index (κ3) is 7.50. The van der Waals surface area contributed by atoms with E-state index in [1.807, 2.05) is 30.3 Å². The van der Waals surface area contributed by atoms with E-state index in [1.54, 1.807) is 18.2 Å². The average Bonchev–Trinajstić information content (AvgIpc) is 2.62. The Morgan fingerprint density at radius 2 is 1.86 bits per heavy atom. The highest BCUT2D eigenvalue weighted by molar-refractivity contribution is 7.88. The van der Waals surface area contributed by atoms with Crippen molar-refractivity contribution in [3.8, 4) is 5.75 Å². The zero-order valence-corrected chi connectivity index (χ0v) is 17.2.